The van der Waals surface area contributed by atoms with Crippen LogP contribution in [0.3, 0.4) is 0 Å². The van der Waals surface area contributed by atoms with Crippen LogP contribution in [0.2, 0.25) is 0 Å². The number of nitrogens with zero attached hydrogens (tertiary/aromatic N) is 3. The summed E-state index contributed by atoms with van der Waals surface area (Å²) in [6, 6.07) is 1.81. The maximum absolute atomic E-state index is 13.8. The van der Waals surface area contributed by atoms with Gasteiger partial charge in [0.2, 0.25) is 0 Å². The van der Waals surface area contributed by atoms with Crippen molar-refractivity contribution < 1.29 is 18.8 Å². The fourth-order valence-electron chi connectivity index (χ4n) is 1.97. The maximum atomic E-state index is 13.8. The Labute approximate surface area is 119 Å². The molecule has 0 atom stereocenters. The van der Waals surface area contributed by atoms with E-state index < -0.39 is 22.4 Å². The molecule has 0 spiro atoms. The molecule has 0 unspecified atom stereocenters. The monoisotopic (exact) mass is 293 g/mol. The van der Waals surface area contributed by atoms with Gasteiger partial charge in [0.05, 0.1) is 23.7 Å². The van der Waals surface area contributed by atoms with Crippen molar-refractivity contribution in [3.05, 3.63) is 51.8 Å². The summed E-state index contributed by atoms with van der Waals surface area (Å²) in [5.41, 5.74) is -0.752. The number of rotatable bonds is 4. The minimum Gasteiger partial charge on any atom is -0.465 e. The minimum atomic E-state index is -1.00. The number of ether oxygens (including phenoxy) is 1. The van der Waals surface area contributed by atoms with E-state index in [0.29, 0.717) is 18.3 Å². The van der Waals surface area contributed by atoms with E-state index in [1.807, 2.05) is 6.92 Å². The smallest absolute Gasteiger partial charge is 0.340 e. The van der Waals surface area contributed by atoms with Gasteiger partial charge in [0.25, 0.3) is 5.69 Å². The first-order valence-electron chi connectivity index (χ1n) is 6.08. The van der Waals surface area contributed by atoms with Crippen LogP contribution >= 0.6 is 0 Å². The average molecular weight is 293 g/mol. The predicted molar refractivity (Wildman–Crippen MR) is 70.9 cm³/mol. The molecular weight excluding hydrogens is 281 g/mol. The second-order valence-corrected chi connectivity index (χ2v) is 4.14. The molecule has 0 radical (unpaired) electrons. The number of esters is 1. The first kappa shape index (κ1) is 14.6. The van der Waals surface area contributed by atoms with Gasteiger partial charge in [-0.25, -0.2) is 14.2 Å². The standard InChI is InChI=1S/C13H12FN3O4/c1-3-12-15-4-5-16(12)10-6-8(13(18)21-2)9(14)7-11(10)17(19)20/h4-7H,3H2,1-2H3. The van der Waals surface area contributed by atoms with Crippen molar-refractivity contribution in [2.45, 2.75) is 13.3 Å². The second kappa shape index (κ2) is 5.70. The lowest BCUT2D eigenvalue weighted by molar-refractivity contribution is -0.384. The van der Waals surface area contributed by atoms with Gasteiger partial charge in [-0.05, 0) is 6.07 Å². The van der Waals surface area contributed by atoms with Gasteiger partial charge in [0.15, 0.2) is 0 Å². The number of hydrogen-bond acceptors (Lipinski definition) is 5. The summed E-state index contributed by atoms with van der Waals surface area (Å²) in [5.74, 6) is -1.35. The van der Waals surface area contributed by atoms with Crippen molar-refractivity contribution in [2.24, 2.45) is 0 Å². The molecule has 1 heterocycles. The number of nitro benzene ring substituents is 1. The Morgan fingerprint density at radius 1 is 1.52 bits per heavy atom. The predicted octanol–water partition coefficient (Wildman–Crippen LogP) is 2.27. The molecule has 2 aromatic rings. The van der Waals surface area contributed by atoms with Gasteiger partial charge in [0, 0.05) is 18.8 Å². The number of aromatic nitrogens is 2. The van der Waals surface area contributed by atoms with Crippen LogP contribution in [0.25, 0.3) is 5.69 Å². The molecule has 7 nitrogen and oxygen atoms in total. The molecule has 8 heteroatoms. The molecule has 0 fully saturated rings. The number of benzene rings is 1. The zero-order valence-corrected chi connectivity index (χ0v) is 11.4. The van der Waals surface area contributed by atoms with E-state index in [1.54, 1.807) is 0 Å². The van der Waals surface area contributed by atoms with Gasteiger partial charge in [0.1, 0.15) is 17.3 Å². The molecule has 2 rings (SSSR count). The van der Waals surface area contributed by atoms with Crippen LogP contribution in [0.4, 0.5) is 10.1 Å². The lowest BCUT2D eigenvalue weighted by atomic mass is 10.1. The van der Waals surface area contributed by atoms with Crippen LogP contribution in [-0.4, -0.2) is 27.6 Å². The van der Waals surface area contributed by atoms with Gasteiger partial charge in [-0.1, -0.05) is 6.92 Å². The van der Waals surface area contributed by atoms with Crippen molar-refractivity contribution in [3.63, 3.8) is 0 Å². The third-order valence-corrected chi connectivity index (χ3v) is 2.96. The van der Waals surface area contributed by atoms with Crippen molar-refractivity contribution >= 4 is 11.7 Å². The van der Waals surface area contributed by atoms with E-state index in [9.17, 15) is 19.3 Å². The Morgan fingerprint density at radius 2 is 2.24 bits per heavy atom. The number of hydrogen-bond donors (Lipinski definition) is 0. The van der Waals surface area contributed by atoms with Gasteiger partial charge in [-0.3, -0.25) is 14.7 Å². The Hall–Kier alpha value is -2.77. The second-order valence-electron chi connectivity index (χ2n) is 4.14. The van der Waals surface area contributed by atoms with Crippen LogP contribution < -0.4 is 0 Å². The topological polar surface area (TPSA) is 87.3 Å². The van der Waals surface area contributed by atoms with Gasteiger partial charge in [-0.2, -0.15) is 0 Å². The van der Waals surface area contributed by atoms with E-state index >= 15 is 0 Å². The highest BCUT2D eigenvalue weighted by atomic mass is 19.1. The highest BCUT2D eigenvalue weighted by molar-refractivity contribution is 5.91. The third-order valence-electron chi connectivity index (χ3n) is 2.96. The Balaban J connectivity index is 2.73. The summed E-state index contributed by atoms with van der Waals surface area (Å²) in [4.78, 5) is 26.0. The van der Waals surface area contributed by atoms with Gasteiger partial charge >= 0.3 is 5.97 Å². The van der Waals surface area contributed by atoms with Crippen LogP contribution in [0.15, 0.2) is 24.5 Å². The minimum absolute atomic E-state index is 0.0659. The number of carbonyl (C=O) groups is 1. The number of aryl methyl sites for hydroxylation is 1. The molecule has 0 aliphatic heterocycles. The normalized spacial score (nSPS) is 10.4. The Morgan fingerprint density at radius 3 is 2.81 bits per heavy atom. The summed E-state index contributed by atoms with van der Waals surface area (Å²) in [6.45, 7) is 1.83. The van der Waals surface area contributed by atoms with Crippen LogP contribution in [-0.2, 0) is 11.2 Å². The zero-order valence-electron chi connectivity index (χ0n) is 11.4. The van der Waals surface area contributed by atoms with Crippen molar-refractivity contribution in [1.82, 2.24) is 9.55 Å². The van der Waals surface area contributed by atoms with Crippen molar-refractivity contribution in [2.75, 3.05) is 7.11 Å². The Kier molecular flexibility index (Phi) is 3.97. The number of methoxy groups -OCH3 is 1. The van der Waals surface area contributed by atoms with Crippen molar-refractivity contribution in [1.29, 1.82) is 0 Å². The van der Waals surface area contributed by atoms with Crippen LogP contribution in [0, 0.1) is 15.9 Å². The molecule has 0 N–H and O–H groups in total. The first-order valence-corrected chi connectivity index (χ1v) is 6.08. The molecule has 1 aromatic carbocycles. The molecule has 1 aromatic heterocycles. The fraction of sp³-hybridized carbons (Fsp3) is 0.231. The first-order chi connectivity index (χ1) is 9.99. The average Bonchev–Trinajstić information content (AvgIpc) is 2.94. The molecule has 0 bridgehead atoms. The molecule has 0 amide bonds. The SMILES string of the molecule is CCc1nccn1-c1cc(C(=O)OC)c(F)cc1[N+](=O)[O-]. The zero-order chi connectivity index (χ0) is 15.6. The van der Waals surface area contributed by atoms with Crippen LogP contribution in [0.5, 0.6) is 0 Å². The Bertz CT molecular complexity index is 711. The highest BCUT2D eigenvalue weighted by Crippen LogP contribution is 2.28. The molecule has 0 aliphatic carbocycles. The van der Waals surface area contributed by atoms with Crippen molar-refractivity contribution in [3.8, 4) is 5.69 Å². The number of nitro groups is 1. The quantitative estimate of drug-likeness (QED) is 0.490. The number of imidazole rings is 1. The summed E-state index contributed by atoms with van der Waals surface area (Å²) in [7, 11) is 1.11. The number of carbonyl (C=O) groups excluding carboxylic acids is 1. The van der Waals surface area contributed by atoms with E-state index in [-0.39, 0.29) is 11.3 Å². The summed E-state index contributed by atoms with van der Waals surface area (Å²) in [5, 5.41) is 11.1. The van der Waals surface area contributed by atoms with Gasteiger partial charge in [-0.15, -0.1) is 0 Å². The third kappa shape index (κ3) is 2.60. The maximum Gasteiger partial charge on any atom is 0.340 e. The van der Waals surface area contributed by atoms with Crippen LogP contribution in [0.1, 0.15) is 23.1 Å². The molecule has 21 heavy (non-hydrogen) atoms. The van der Waals surface area contributed by atoms with Gasteiger partial charge < -0.3 is 4.74 Å². The summed E-state index contributed by atoms with van der Waals surface area (Å²) in [6.07, 6.45) is 3.51. The molecular formula is C13H12FN3O4. The lowest BCUT2D eigenvalue weighted by Gasteiger charge is -2.09. The molecule has 0 saturated carbocycles. The molecule has 110 valence electrons. The highest BCUT2D eigenvalue weighted by Gasteiger charge is 2.24. The number of halogens is 1. The summed E-state index contributed by atoms with van der Waals surface area (Å²) < 4.78 is 19.7. The van der Waals surface area contributed by atoms with E-state index in [1.165, 1.54) is 17.0 Å². The largest absolute Gasteiger partial charge is 0.465 e. The fourth-order valence-corrected chi connectivity index (χ4v) is 1.97. The molecule has 0 saturated heterocycles. The lowest BCUT2D eigenvalue weighted by Crippen LogP contribution is -2.09. The molecule has 0 aliphatic rings. The van der Waals surface area contributed by atoms with E-state index in [4.69, 9.17) is 0 Å². The van der Waals surface area contributed by atoms with E-state index in [2.05, 4.69) is 9.72 Å². The van der Waals surface area contributed by atoms with E-state index in [0.717, 1.165) is 13.2 Å². The summed E-state index contributed by atoms with van der Waals surface area (Å²) >= 11 is 0.